The summed E-state index contributed by atoms with van der Waals surface area (Å²) >= 11 is 1.71. The summed E-state index contributed by atoms with van der Waals surface area (Å²) in [5.41, 5.74) is 2.30. The minimum atomic E-state index is -3.66. The van der Waals surface area contributed by atoms with Gasteiger partial charge in [0, 0.05) is 41.4 Å². The van der Waals surface area contributed by atoms with Crippen molar-refractivity contribution in [1.29, 1.82) is 0 Å². The van der Waals surface area contributed by atoms with Gasteiger partial charge in [0.1, 0.15) is 17.0 Å². The number of imidazole rings is 1. The molecule has 1 saturated heterocycles. The maximum atomic E-state index is 13.2. The number of benzene rings is 1. The second-order valence-electron chi connectivity index (χ2n) is 11.7. The van der Waals surface area contributed by atoms with Crippen LogP contribution in [-0.4, -0.2) is 64.6 Å². The Morgan fingerprint density at radius 3 is 2.41 bits per heavy atom. The highest BCUT2D eigenvalue weighted by Gasteiger charge is 2.33. The lowest BCUT2D eigenvalue weighted by Gasteiger charge is -2.33. The Morgan fingerprint density at radius 1 is 1.10 bits per heavy atom. The van der Waals surface area contributed by atoms with Gasteiger partial charge in [-0.1, -0.05) is 32.9 Å². The lowest BCUT2D eigenvalue weighted by molar-refractivity contribution is 0.0217. The van der Waals surface area contributed by atoms with Gasteiger partial charge >= 0.3 is 6.09 Å². The monoisotopic (exact) mass is 574 g/mol. The maximum absolute atomic E-state index is 13.2. The number of sulfonamides is 1. The zero-order valence-corrected chi connectivity index (χ0v) is 25.3. The van der Waals surface area contributed by atoms with E-state index in [2.05, 4.69) is 30.5 Å². The fourth-order valence-electron chi connectivity index (χ4n) is 4.43. The normalized spacial score (nSPS) is 15.4. The van der Waals surface area contributed by atoms with Gasteiger partial charge in [-0.25, -0.2) is 18.2 Å². The van der Waals surface area contributed by atoms with E-state index in [0.717, 1.165) is 27.5 Å². The fourth-order valence-corrected chi connectivity index (χ4v) is 6.95. The maximum Gasteiger partial charge on any atom is 0.410 e. The minimum Gasteiger partial charge on any atom is -0.495 e. The third kappa shape index (κ3) is 7.19. The summed E-state index contributed by atoms with van der Waals surface area (Å²) in [6.45, 7) is 12.5. The number of carbonyl (C=O) groups excluding carboxylic acids is 1. The van der Waals surface area contributed by atoms with E-state index < -0.39 is 27.0 Å². The average Bonchev–Trinajstić information content (AvgIpc) is 3.24. The minimum absolute atomic E-state index is 0.0110. The highest BCUT2D eigenvalue weighted by molar-refractivity contribution is 8.00. The van der Waals surface area contributed by atoms with Crippen molar-refractivity contribution in [2.75, 3.05) is 24.9 Å². The fraction of sp³-hybridized carbons (Fsp3) is 0.500. The molecule has 0 bridgehead atoms. The smallest absolute Gasteiger partial charge is 0.410 e. The van der Waals surface area contributed by atoms with Gasteiger partial charge in [-0.05, 0) is 45.7 Å². The molecular formula is C28H38N4O5S2. The van der Waals surface area contributed by atoms with Crippen LogP contribution in [0, 0.1) is 0 Å². The number of pyridine rings is 1. The van der Waals surface area contributed by atoms with E-state index in [1.54, 1.807) is 36.0 Å². The Hall–Kier alpha value is -2.92. The lowest BCUT2D eigenvalue weighted by Crippen LogP contribution is -2.45. The van der Waals surface area contributed by atoms with Crippen LogP contribution in [0.1, 0.15) is 54.4 Å². The summed E-state index contributed by atoms with van der Waals surface area (Å²) in [6.07, 6.45) is 4.07. The molecule has 1 N–H and O–H groups in total. The van der Waals surface area contributed by atoms with Crippen LogP contribution >= 0.6 is 11.8 Å². The standard InChI is InChI=1S/C28H38N4O5S2/c1-27(2,3)37-26(33)31-13-11-21(12-14-31)39(34,35)30-20-10-8-9-19(15-20)22-17-29-25-16-23(36-7)24(18-32(22)25)38-28(4,5)6/h8-10,15-18,21,30H,11-14H2,1-7H3. The molecule has 0 radical (unpaired) electrons. The molecule has 39 heavy (non-hydrogen) atoms. The molecule has 11 heteroatoms. The first-order valence-corrected chi connectivity index (χ1v) is 15.4. The summed E-state index contributed by atoms with van der Waals surface area (Å²) in [5, 5.41) is -0.597. The molecule has 0 unspecified atom stereocenters. The molecule has 1 fully saturated rings. The molecule has 1 aromatic carbocycles. The number of hydrogen-bond donors (Lipinski definition) is 1. The second-order valence-corrected chi connectivity index (χ2v) is 15.5. The first-order valence-electron chi connectivity index (χ1n) is 13.0. The molecule has 1 aliphatic rings. The third-order valence-corrected chi connectivity index (χ3v) is 9.17. The molecule has 2 aromatic heterocycles. The quantitative estimate of drug-likeness (QED) is 0.358. The SMILES string of the molecule is COc1cc2ncc(-c3cccc(NS(=O)(=O)C4CCN(C(=O)OC(C)(C)C)CC4)c3)n2cc1SC(C)(C)C. The van der Waals surface area contributed by atoms with Crippen molar-refractivity contribution in [3.05, 3.63) is 42.7 Å². The van der Waals surface area contributed by atoms with Crippen molar-refractivity contribution in [3.63, 3.8) is 0 Å². The topological polar surface area (TPSA) is 102 Å². The number of thioether (sulfide) groups is 1. The average molecular weight is 575 g/mol. The van der Waals surface area contributed by atoms with Crippen molar-refractivity contribution < 1.29 is 22.7 Å². The van der Waals surface area contributed by atoms with E-state index >= 15 is 0 Å². The van der Waals surface area contributed by atoms with Crippen molar-refractivity contribution >= 4 is 39.2 Å². The summed E-state index contributed by atoms with van der Waals surface area (Å²) in [6, 6.07) is 9.23. The number of nitrogens with zero attached hydrogens (tertiary/aromatic N) is 3. The Morgan fingerprint density at radius 2 is 1.79 bits per heavy atom. The van der Waals surface area contributed by atoms with Crippen LogP contribution in [-0.2, 0) is 14.8 Å². The van der Waals surface area contributed by atoms with Crippen LogP contribution in [0.15, 0.2) is 47.6 Å². The third-order valence-electron chi connectivity index (χ3n) is 6.16. The molecule has 212 valence electrons. The number of likely N-dealkylation sites (tertiary alicyclic amines) is 1. The second kappa shape index (κ2) is 10.9. The first kappa shape index (κ1) is 29.1. The van der Waals surface area contributed by atoms with Crippen molar-refractivity contribution in [1.82, 2.24) is 14.3 Å². The Labute approximate surface area is 235 Å². The van der Waals surface area contributed by atoms with Gasteiger partial charge < -0.3 is 14.4 Å². The number of piperidine rings is 1. The molecule has 0 spiro atoms. The van der Waals surface area contributed by atoms with Crippen LogP contribution < -0.4 is 9.46 Å². The molecule has 3 heterocycles. The Balaban J connectivity index is 1.52. The number of aromatic nitrogens is 2. The molecule has 1 aliphatic heterocycles. The van der Waals surface area contributed by atoms with Crippen molar-refractivity contribution in [2.45, 2.75) is 74.9 Å². The molecule has 0 aliphatic carbocycles. The number of anilines is 1. The van der Waals surface area contributed by atoms with Gasteiger partial charge in [0.05, 0.1) is 29.1 Å². The van der Waals surface area contributed by atoms with E-state index in [0.29, 0.717) is 31.6 Å². The number of rotatable bonds is 6. The molecule has 0 atom stereocenters. The predicted octanol–water partition coefficient (Wildman–Crippen LogP) is 6.04. The van der Waals surface area contributed by atoms with Gasteiger partial charge in [0.25, 0.3) is 0 Å². The van der Waals surface area contributed by atoms with Gasteiger partial charge in [0.2, 0.25) is 10.0 Å². The summed E-state index contributed by atoms with van der Waals surface area (Å²) < 4.78 is 42.3. The van der Waals surface area contributed by atoms with Gasteiger partial charge in [-0.15, -0.1) is 11.8 Å². The van der Waals surface area contributed by atoms with Crippen LogP contribution in [0.4, 0.5) is 10.5 Å². The number of fused-ring (bicyclic) bond motifs is 1. The Bertz CT molecular complexity index is 1450. The van der Waals surface area contributed by atoms with Crippen LogP contribution in [0.3, 0.4) is 0 Å². The highest BCUT2D eigenvalue weighted by Crippen LogP contribution is 2.39. The van der Waals surface area contributed by atoms with E-state index in [-0.39, 0.29) is 4.75 Å². The van der Waals surface area contributed by atoms with Crippen LogP contribution in [0.25, 0.3) is 16.9 Å². The zero-order valence-electron chi connectivity index (χ0n) is 23.6. The number of amides is 1. The molecular weight excluding hydrogens is 536 g/mol. The number of ether oxygens (including phenoxy) is 2. The summed E-state index contributed by atoms with van der Waals surface area (Å²) in [5.74, 6) is 0.763. The predicted molar refractivity (Wildman–Crippen MR) is 156 cm³/mol. The molecule has 3 aromatic rings. The highest BCUT2D eigenvalue weighted by atomic mass is 32.2. The van der Waals surface area contributed by atoms with Gasteiger partial charge in [0.15, 0.2) is 0 Å². The van der Waals surface area contributed by atoms with Crippen LogP contribution in [0.5, 0.6) is 5.75 Å². The first-order chi connectivity index (χ1) is 18.1. The van der Waals surface area contributed by atoms with E-state index in [4.69, 9.17) is 9.47 Å². The van der Waals surface area contributed by atoms with Gasteiger partial charge in [-0.2, -0.15) is 0 Å². The van der Waals surface area contributed by atoms with E-state index in [9.17, 15) is 13.2 Å². The number of nitrogens with one attached hydrogen (secondary N) is 1. The van der Waals surface area contributed by atoms with Gasteiger partial charge in [-0.3, -0.25) is 9.12 Å². The largest absolute Gasteiger partial charge is 0.495 e. The number of methoxy groups -OCH3 is 1. The molecule has 9 nitrogen and oxygen atoms in total. The van der Waals surface area contributed by atoms with E-state index in [1.807, 2.05) is 55.6 Å². The molecule has 0 saturated carbocycles. The lowest BCUT2D eigenvalue weighted by atomic mass is 10.1. The van der Waals surface area contributed by atoms with Crippen molar-refractivity contribution in [2.24, 2.45) is 0 Å². The Kier molecular flexibility index (Phi) is 8.14. The van der Waals surface area contributed by atoms with E-state index in [1.165, 1.54) is 0 Å². The number of hydrogen-bond acceptors (Lipinski definition) is 7. The van der Waals surface area contributed by atoms with Crippen molar-refractivity contribution in [3.8, 4) is 17.0 Å². The number of carbonyl (C=O) groups is 1. The zero-order chi connectivity index (χ0) is 28.6. The molecule has 4 rings (SSSR count). The summed E-state index contributed by atoms with van der Waals surface area (Å²) in [7, 11) is -2.00. The van der Waals surface area contributed by atoms with Crippen LogP contribution in [0.2, 0.25) is 0 Å². The summed E-state index contributed by atoms with van der Waals surface area (Å²) in [4.78, 5) is 19.5. The molecule has 1 amide bonds.